The predicted octanol–water partition coefficient (Wildman–Crippen LogP) is 4.56. The van der Waals surface area contributed by atoms with Crippen LogP contribution in [0.4, 0.5) is 0 Å². The van der Waals surface area contributed by atoms with Crippen molar-refractivity contribution in [3.8, 4) is 11.3 Å². The van der Waals surface area contributed by atoms with Crippen molar-refractivity contribution >= 4 is 29.2 Å². The Hall–Kier alpha value is -1.58. The number of hydrogen-bond donors (Lipinski definition) is 1. The number of aromatic nitrogens is 1. The highest BCUT2D eigenvalue weighted by atomic mass is 35.5. The zero-order valence-corrected chi connectivity index (χ0v) is 12.7. The van der Waals surface area contributed by atoms with Gasteiger partial charge in [-0.25, -0.2) is 0 Å². The maximum Gasteiger partial charge on any atom is 0.311 e. The summed E-state index contributed by atoms with van der Waals surface area (Å²) in [6.45, 7) is 0. The average molecular weight is 322 g/mol. The highest BCUT2D eigenvalue weighted by Crippen LogP contribution is 2.34. The minimum Gasteiger partial charge on any atom is -0.481 e. The Kier molecular flexibility index (Phi) is 3.87. The average Bonchev–Trinajstić information content (AvgIpc) is 2.46. The van der Waals surface area contributed by atoms with Gasteiger partial charge in [0.05, 0.1) is 16.6 Å². The largest absolute Gasteiger partial charge is 0.481 e. The summed E-state index contributed by atoms with van der Waals surface area (Å²) in [5, 5.41) is 10.4. The van der Waals surface area contributed by atoms with Crippen LogP contribution in [0.2, 0.25) is 10.0 Å². The van der Waals surface area contributed by atoms with Gasteiger partial charge < -0.3 is 5.11 Å². The van der Waals surface area contributed by atoms with Crippen molar-refractivity contribution in [1.29, 1.82) is 0 Å². The molecule has 0 spiro atoms. The number of halogens is 2. The molecular weight excluding hydrogens is 309 g/mol. The lowest BCUT2D eigenvalue weighted by atomic mass is 9.85. The van der Waals surface area contributed by atoms with E-state index in [0.29, 0.717) is 16.5 Å². The second kappa shape index (κ2) is 5.66. The van der Waals surface area contributed by atoms with Gasteiger partial charge in [-0.05, 0) is 49.1 Å². The SMILES string of the molecule is O=C(O)C1CCCc2nc(-c3ccc(Cl)cc3Cl)ccc21. The molecule has 21 heavy (non-hydrogen) atoms. The lowest BCUT2D eigenvalue weighted by Gasteiger charge is -2.22. The van der Waals surface area contributed by atoms with E-state index in [2.05, 4.69) is 4.98 Å². The van der Waals surface area contributed by atoms with Crippen molar-refractivity contribution in [2.24, 2.45) is 0 Å². The van der Waals surface area contributed by atoms with Crippen molar-refractivity contribution in [2.75, 3.05) is 0 Å². The number of carboxylic acids is 1. The van der Waals surface area contributed by atoms with Gasteiger partial charge in [-0.15, -0.1) is 0 Å². The molecule has 1 N–H and O–H groups in total. The van der Waals surface area contributed by atoms with E-state index in [-0.39, 0.29) is 0 Å². The van der Waals surface area contributed by atoms with Crippen molar-refractivity contribution in [2.45, 2.75) is 25.2 Å². The third kappa shape index (κ3) is 2.76. The van der Waals surface area contributed by atoms with E-state index in [9.17, 15) is 9.90 Å². The van der Waals surface area contributed by atoms with Gasteiger partial charge in [0.2, 0.25) is 0 Å². The first-order chi connectivity index (χ1) is 10.1. The monoisotopic (exact) mass is 321 g/mol. The second-order valence-corrected chi connectivity index (χ2v) is 5.98. The van der Waals surface area contributed by atoms with E-state index in [0.717, 1.165) is 35.4 Å². The van der Waals surface area contributed by atoms with E-state index in [1.807, 2.05) is 18.2 Å². The highest BCUT2D eigenvalue weighted by molar-refractivity contribution is 6.36. The number of rotatable bonds is 2. The minimum absolute atomic E-state index is 0.448. The van der Waals surface area contributed by atoms with Gasteiger partial charge in [0.15, 0.2) is 0 Å². The number of hydrogen-bond acceptors (Lipinski definition) is 2. The minimum atomic E-state index is -0.782. The Morgan fingerprint density at radius 1 is 1.24 bits per heavy atom. The molecule has 1 aliphatic carbocycles. The molecule has 0 saturated carbocycles. The molecule has 0 saturated heterocycles. The van der Waals surface area contributed by atoms with Crippen LogP contribution in [0, 0.1) is 0 Å². The Bertz CT molecular complexity index is 715. The van der Waals surface area contributed by atoms with Gasteiger partial charge >= 0.3 is 5.97 Å². The zero-order valence-electron chi connectivity index (χ0n) is 11.1. The van der Waals surface area contributed by atoms with Crippen LogP contribution in [0.25, 0.3) is 11.3 Å². The zero-order chi connectivity index (χ0) is 15.0. The third-order valence-corrected chi connectivity index (χ3v) is 4.34. The van der Waals surface area contributed by atoms with Crippen molar-refractivity contribution in [1.82, 2.24) is 4.98 Å². The first-order valence-corrected chi connectivity index (χ1v) is 7.50. The molecule has 5 heteroatoms. The molecule has 0 radical (unpaired) electrons. The fourth-order valence-corrected chi connectivity index (χ4v) is 3.27. The summed E-state index contributed by atoms with van der Waals surface area (Å²) in [7, 11) is 0. The smallest absolute Gasteiger partial charge is 0.311 e. The van der Waals surface area contributed by atoms with Crippen LogP contribution >= 0.6 is 23.2 Å². The Morgan fingerprint density at radius 3 is 2.76 bits per heavy atom. The van der Waals surface area contributed by atoms with Gasteiger partial charge in [0.25, 0.3) is 0 Å². The van der Waals surface area contributed by atoms with Gasteiger partial charge in [0, 0.05) is 16.3 Å². The van der Waals surface area contributed by atoms with Gasteiger partial charge in [-0.2, -0.15) is 0 Å². The molecule has 1 atom stereocenters. The van der Waals surface area contributed by atoms with E-state index >= 15 is 0 Å². The van der Waals surface area contributed by atoms with Crippen LogP contribution in [0.5, 0.6) is 0 Å². The summed E-state index contributed by atoms with van der Waals surface area (Å²) in [6.07, 6.45) is 2.32. The summed E-state index contributed by atoms with van der Waals surface area (Å²) in [4.78, 5) is 15.9. The van der Waals surface area contributed by atoms with E-state index in [1.54, 1.807) is 12.1 Å². The number of aryl methyl sites for hydroxylation is 1. The quantitative estimate of drug-likeness (QED) is 0.882. The van der Waals surface area contributed by atoms with Crippen LogP contribution in [0.15, 0.2) is 30.3 Å². The van der Waals surface area contributed by atoms with Crippen LogP contribution in [0.1, 0.15) is 30.0 Å². The van der Waals surface area contributed by atoms with Crippen LogP contribution < -0.4 is 0 Å². The first kappa shape index (κ1) is 14.4. The van der Waals surface area contributed by atoms with Crippen molar-refractivity contribution in [3.05, 3.63) is 51.6 Å². The molecule has 1 heterocycles. The number of carbonyl (C=O) groups is 1. The van der Waals surface area contributed by atoms with Crippen LogP contribution in [-0.4, -0.2) is 16.1 Å². The fourth-order valence-electron chi connectivity index (χ4n) is 2.76. The van der Waals surface area contributed by atoms with Crippen LogP contribution in [-0.2, 0) is 11.2 Å². The van der Waals surface area contributed by atoms with E-state index in [4.69, 9.17) is 23.2 Å². The molecule has 3 rings (SSSR count). The number of fused-ring (bicyclic) bond motifs is 1. The topological polar surface area (TPSA) is 50.2 Å². The van der Waals surface area contributed by atoms with E-state index < -0.39 is 11.9 Å². The molecule has 0 fully saturated rings. The molecule has 1 aromatic carbocycles. The van der Waals surface area contributed by atoms with Crippen molar-refractivity contribution in [3.63, 3.8) is 0 Å². The number of aliphatic carboxylic acids is 1. The lowest BCUT2D eigenvalue weighted by molar-refractivity contribution is -0.139. The standard InChI is InChI=1S/C16H13Cl2NO2/c17-9-4-5-12(13(18)8-9)15-7-6-10-11(16(20)21)2-1-3-14(10)19-15/h4-8,11H,1-3H2,(H,20,21). The summed E-state index contributed by atoms with van der Waals surface area (Å²) < 4.78 is 0. The molecule has 0 amide bonds. The second-order valence-electron chi connectivity index (χ2n) is 5.14. The highest BCUT2D eigenvalue weighted by Gasteiger charge is 2.27. The predicted molar refractivity (Wildman–Crippen MR) is 83.0 cm³/mol. The Labute approximate surface area is 132 Å². The molecule has 1 aliphatic rings. The van der Waals surface area contributed by atoms with E-state index in [1.165, 1.54) is 0 Å². The third-order valence-electron chi connectivity index (χ3n) is 3.80. The number of pyridine rings is 1. The Balaban J connectivity index is 2.05. The van der Waals surface area contributed by atoms with Gasteiger partial charge in [-0.1, -0.05) is 29.3 Å². The van der Waals surface area contributed by atoms with Crippen molar-refractivity contribution < 1.29 is 9.90 Å². The summed E-state index contributed by atoms with van der Waals surface area (Å²) in [5.41, 5.74) is 3.24. The summed E-state index contributed by atoms with van der Waals surface area (Å²) >= 11 is 12.1. The maximum atomic E-state index is 11.3. The molecule has 2 aromatic rings. The van der Waals surface area contributed by atoms with Gasteiger partial charge in [0.1, 0.15) is 0 Å². The fraction of sp³-hybridized carbons (Fsp3) is 0.250. The number of nitrogens with zero attached hydrogens (tertiary/aromatic N) is 1. The molecule has 0 aliphatic heterocycles. The molecule has 0 bridgehead atoms. The summed E-state index contributed by atoms with van der Waals surface area (Å²) in [6, 6.07) is 8.97. The number of benzene rings is 1. The summed E-state index contributed by atoms with van der Waals surface area (Å²) in [5.74, 6) is -1.23. The first-order valence-electron chi connectivity index (χ1n) is 6.74. The number of carboxylic acid groups (broad SMARTS) is 1. The lowest BCUT2D eigenvalue weighted by Crippen LogP contribution is -2.19. The molecule has 1 aromatic heterocycles. The van der Waals surface area contributed by atoms with Gasteiger partial charge in [-0.3, -0.25) is 9.78 Å². The molecule has 108 valence electrons. The Morgan fingerprint density at radius 2 is 2.05 bits per heavy atom. The normalized spacial score (nSPS) is 17.3. The molecular formula is C16H13Cl2NO2. The maximum absolute atomic E-state index is 11.3. The molecule has 3 nitrogen and oxygen atoms in total. The van der Waals surface area contributed by atoms with Crippen LogP contribution in [0.3, 0.4) is 0 Å². The molecule has 1 unspecified atom stereocenters.